The van der Waals surface area contributed by atoms with Crippen LogP contribution in [0.25, 0.3) is 5.57 Å². The van der Waals surface area contributed by atoms with Crippen LogP contribution < -0.4 is 0 Å². The molecule has 148 valence electrons. The van der Waals surface area contributed by atoms with E-state index in [1.54, 1.807) is 22.3 Å². The molecule has 0 fully saturated rings. The van der Waals surface area contributed by atoms with Gasteiger partial charge in [-0.05, 0) is 0 Å². The summed E-state index contributed by atoms with van der Waals surface area (Å²) in [6.45, 7) is 17.0. The summed E-state index contributed by atoms with van der Waals surface area (Å²) in [6, 6.07) is 18.3. The fourth-order valence-electron chi connectivity index (χ4n) is 5.21. The van der Waals surface area contributed by atoms with Crippen LogP contribution in [0.4, 0.5) is 0 Å². The number of benzene rings is 2. The zero-order valence-corrected chi connectivity index (χ0v) is 22.3. The van der Waals surface area contributed by atoms with Gasteiger partial charge in [-0.25, -0.2) is 0 Å². The second-order valence-electron chi connectivity index (χ2n) is 9.00. The second kappa shape index (κ2) is 8.12. The van der Waals surface area contributed by atoms with Crippen LogP contribution in [-0.2, 0) is 20.4 Å². The molecule has 0 aromatic heterocycles. The van der Waals surface area contributed by atoms with Crippen LogP contribution in [-0.4, -0.2) is 5.43 Å². The first-order chi connectivity index (χ1) is 13.8. The Morgan fingerprint density at radius 1 is 0.862 bits per heavy atom. The normalized spacial score (nSPS) is 20.9. The zero-order chi connectivity index (χ0) is 20.9. The van der Waals surface area contributed by atoms with Gasteiger partial charge < -0.3 is 0 Å². The van der Waals surface area contributed by atoms with E-state index in [4.69, 9.17) is 0 Å². The molecule has 4 rings (SSSR count). The van der Waals surface area contributed by atoms with E-state index < -0.39 is 20.4 Å². The number of aryl methyl sites for hydroxylation is 1. The van der Waals surface area contributed by atoms with Gasteiger partial charge in [0.05, 0.1) is 0 Å². The van der Waals surface area contributed by atoms with Crippen molar-refractivity contribution in [2.45, 2.75) is 51.3 Å². The van der Waals surface area contributed by atoms with Gasteiger partial charge in [0.15, 0.2) is 0 Å². The Kier molecular flexibility index (Phi) is 5.88. The topological polar surface area (TPSA) is 0 Å². The van der Waals surface area contributed by atoms with Gasteiger partial charge in [0.25, 0.3) is 0 Å². The first-order valence-electron chi connectivity index (χ1n) is 10.8. The number of hydrogen-bond donors (Lipinski definition) is 0. The summed E-state index contributed by atoms with van der Waals surface area (Å²) in [4.78, 5) is 0. The van der Waals surface area contributed by atoms with Crippen molar-refractivity contribution in [2.75, 3.05) is 0 Å². The Balaban J connectivity index is 1.91. The maximum atomic E-state index is 2.68. The van der Waals surface area contributed by atoms with Gasteiger partial charge in [-0.2, -0.15) is 0 Å². The predicted molar refractivity (Wildman–Crippen MR) is 125 cm³/mol. The number of rotatable bonds is 3. The molecule has 0 N–H and O–H groups in total. The molecule has 2 unspecified atom stereocenters. The predicted octanol–water partition coefficient (Wildman–Crippen LogP) is 7.61. The quantitative estimate of drug-likeness (QED) is 0.401. The summed E-state index contributed by atoms with van der Waals surface area (Å²) in [5, 5.41) is 0. The molecule has 0 nitrogen and oxygen atoms in total. The number of hydrogen-bond acceptors (Lipinski definition) is 0. The van der Waals surface area contributed by atoms with E-state index in [9.17, 15) is 0 Å². The molecule has 0 amide bonds. The summed E-state index contributed by atoms with van der Waals surface area (Å²) < 4.78 is 2.59. The monoisotopic (exact) mass is 474 g/mol. The third kappa shape index (κ3) is 3.57. The number of fused-ring (bicyclic) bond motifs is 1. The molecule has 29 heavy (non-hydrogen) atoms. The van der Waals surface area contributed by atoms with Crippen molar-refractivity contribution in [1.82, 2.24) is 0 Å². The average molecular weight is 476 g/mol. The Labute approximate surface area is 184 Å². The van der Waals surface area contributed by atoms with Crippen molar-refractivity contribution in [3.63, 3.8) is 0 Å². The van der Waals surface area contributed by atoms with E-state index in [0.717, 1.165) is 0 Å². The summed E-state index contributed by atoms with van der Waals surface area (Å²) in [5.41, 5.74) is 11.8. The molecule has 0 aliphatic heterocycles. The van der Waals surface area contributed by atoms with Crippen LogP contribution in [0.2, 0.25) is 13.1 Å². The summed E-state index contributed by atoms with van der Waals surface area (Å²) in [5.74, 6) is 0.660. The van der Waals surface area contributed by atoms with Crippen LogP contribution in [0.3, 0.4) is 0 Å². The molecule has 2 atom stereocenters. The van der Waals surface area contributed by atoms with Gasteiger partial charge in [-0.1, -0.05) is 0 Å². The number of allylic oxidation sites excluding steroid dienone is 5. The van der Waals surface area contributed by atoms with Gasteiger partial charge in [0, 0.05) is 0 Å². The summed E-state index contributed by atoms with van der Waals surface area (Å²) >= 11 is -1.89. The first-order valence-corrected chi connectivity index (χ1v) is 19.6. The van der Waals surface area contributed by atoms with Gasteiger partial charge >= 0.3 is 185 Å². The van der Waals surface area contributed by atoms with Crippen molar-refractivity contribution in [3.8, 4) is 0 Å². The molecule has 0 bridgehead atoms. The average Bonchev–Trinajstić information content (AvgIpc) is 3.16. The first kappa shape index (κ1) is 21.0. The van der Waals surface area contributed by atoms with Gasteiger partial charge in [0.1, 0.15) is 0 Å². The molecule has 2 aliphatic rings. The molecule has 2 aromatic rings. The maximum absolute atomic E-state index is 2.68. The van der Waals surface area contributed by atoms with Crippen LogP contribution in [0.1, 0.15) is 53.6 Å². The molecule has 2 aliphatic carbocycles. The van der Waals surface area contributed by atoms with Gasteiger partial charge in [-0.15, -0.1) is 0 Å². The van der Waals surface area contributed by atoms with Crippen molar-refractivity contribution >= 4 is 11.0 Å². The van der Waals surface area contributed by atoms with Crippen molar-refractivity contribution in [1.29, 1.82) is 0 Å². The van der Waals surface area contributed by atoms with Crippen molar-refractivity contribution < 1.29 is 20.4 Å². The Hall–Kier alpha value is -1.24. The van der Waals surface area contributed by atoms with E-state index in [1.165, 1.54) is 22.3 Å². The summed E-state index contributed by atoms with van der Waals surface area (Å²) in [6.07, 6.45) is 2.68. The van der Waals surface area contributed by atoms with Crippen molar-refractivity contribution in [2.24, 2.45) is 5.92 Å². The molecule has 0 radical (unpaired) electrons. The zero-order valence-electron chi connectivity index (χ0n) is 18.9. The second-order valence-corrected chi connectivity index (χ2v) is 26.4. The van der Waals surface area contributed by atoms with Crippen LogP contribution in [0, 0.1) is 12.8 Å². The Morgan fingerprint density at radius 3 is 2.21 bits per heavy atom. The van der Waals surface area contributed by atoms with E-state index >= 15 is 0 Å². The fourth-order valence-corrected chi connectivity index (χ4v) is 24.9. The molecular formula is C27H32SiZr. The molecular weight excluding hydrogens is 444 g/mol. The summed E-state index contributed by atoms with van der Waals surface area (Å²) in [7, 11) is 0. The standard InChI is InChI=1S/C16H13.C9H13.C2H6Si.Zr/c1-12-5-4-7-14(11-12)16-10-9-13-6-2-3-8-15(13)16;1-6-5-7(2)9(4)8(6)3;1-3-2;/h2-11H,1H3;6H,1-4H3;1-2H3;. The molecule has 2 aromatic carbocycles. The molecule has 0 saturated carbocycles. The Bertz CT molecular complexity index is 1120. The van der Waals surface area contributed by atoms with Gasteiger partial charge in [0.2, 0.25) is 0 Å². The van der Waals surface area contributed by atoms with Crippen LogP contribution in [0.15, 0.2) is 74.6 Å². The van der Waals surface area contributed by atoms with E-state index in [0.29, 0.717) is 9.54 Å². The van der Waals surface area contributed by atoms with E-state index in [-0.39, 0.29) is 5.43 Å². The third-order valence-corrected chi connectivity index (χ3v) is 25.6. The van der Waals surface area contributed by atoms with Crippen molar-refractivity contribution in [3.05, 3.63) is 96.9 Å². The molecule has 0 heterocycles. The van der Waals surface area contributed by atoms with Crippen LogP contribution >= 0.6 is 0 Å². The fraction of sp³-hybridized carbons (Fsp3) is 0.333. The third-order valence-electron chi connectivity index (χ3n) is 7.03. The molecule has 2 heteroatoms. The van der Waals surface area contributed by atoms with E-state index in [2.05, 4.69) is 102 Å². The Morgan fingerprint density at radius 2 is 1.59 bits per heavy atom. The SMILES string of the molecule is CC1=C(C)C(C)[C]([Zr]([CH]2C=C(c3cccc(C)c3)c3ccccc32)=[Si](C)C)=C1C. The van der Waals surface area contributed by atoms with E-state index in [1.807, 2.05) is 3.28 Å². The van der Waals surface area contributed by atoms with Gasteiger partial charge in [-0.3, -0.25) is 0 Å². The minimum absolute atomic E-state index is 0.337. The van der Waals surface area contributed by atoms with Crippen LogP contribution in [0.5, 0.6) is 0 Å². The minimum atomic E-state index is -1.89. The molecule has 0 spiro atoms. The molecule has 0 saturated heterocycles.